The second-order valence-corrected chi connectivity index (χ2v) is 9.18. The minimum absolute atomic E-state index is 0.323. The molecule has 3 N–H and O–H groups in total. The van der Waals surface area contributed by atoms with Crippen LogP contribution in [0.2, 0.25) is 5.02 Å². The Hall–Kier alpha value is -3.48. The third-order valence-electron chi connectivity index (χ3n) is 6.17. The van der Waals surface area contributed by atoms with Gasteiger partial charge in [0.1, 0.15) is 11.7 Å². The number of hydrogen-bond donors (Lipinski definition) is 3. The van der Waals surface area contributed by atoms with Gasteiger partial charge in [0.2, 0.25) is 11.8 Å². The van der Waals surface area contributed by atoms with Crippen LogP contribution >= 0.6 is 11.6 Å². The van der Waals surface area contributed by atoms with Crippen molar-refractivity contribution in [1.29, 1.82) is 0 Å². The van der Waals surface area contributed by atoms with Gasteiger partial charge in [0.15, 0.2) is 0 Å². The molecule has 1 aliphatic carbocycles. The van der Waals surface area contributed by atoms with Gasteiger partial charge in [-0.2, -0.15) is 0 Å². The zero-order valence-corrected chi connectivity index (χ0v) is 19.3. The molecule has 1 aliphatic rings. The Balaban J connectivity index is 1.76. The molecule has 1 saturated carbocycles. The van der Waals surface area contributed by atoms with Crippen LogP contribution in [-0.2, 0) is 14.4 Å². The van der Waals surface area contributed by atoms with Crippen molar-refractivity contribution in [1.82, 2.24) is 0 Å². The molecule has 1 fully saturated rings. The number of carbonyl (C=O) groups excluding carboxylic acids is 3. The molecule has 2 amide bonds. The van der Waals surface area contributed by atoms with Gasteiger partial charge in [0.05, 0.1) is 11.5 Å². The SMILES string of the molecule is C[C@@]1(O)CC(=O)[C@H](C(=O)Nc2ccccc2)[C@@H](c2ccc(Cl)cc2)[C@@H]1C(=O)Nc1ccccc1. The lowest BCUT2D eigenvalue weighted by Crippen LogP contribution is -2.56. The third kappa shape index (κ3) is 5.03. The van der Waals surface area contributed by atoms with Crippen LogP contribution < -0.4 is 10.6 Å². The zero-order chi connectivity index (χ0) is 24.3. The van der Waals surface area contributed by atoms with Crippen molar-refractivity contribution in [3.63, 3.8) is 0 Å². The summed E-state index contributed by atoms with van der Waals surface area (Å²) < 4.78 is 0. The highest BCUT2D eigenvalue weighted by Gasteiger charge is 2.55. The standard InChI is InChI=1S/C27H25ClN2O4/c1-27(34)16-21(31)23(25(32)29-19-8-4-2-5-9-19)22(17-12-14-18(28)15-13-17)24(27)26(33)30-20-10-6-3-7-11-20/h2-15,22-24,34H,16H2,1H3,(H,29,32)(H,30,33)/t22-,23+,24-,27-/m1/s1. The maximum Gasteiger partial charge on any atom is 0.235 e. The number of ketones is 1. The number of amides is 2. The van der Waals surface area contributed by atoms with Gasteiger partial charge >= 0.3 is 0 Å². The Morgan fingerprint density at radius 2 is 1.35 bits per heavy atom. The molecule has 3 aromatic carbocycles. The highest BCUT2D eigenvalue weighted by molar-refractivity contribution is 6.30. The van der Waals surface area contributed by atoms with Crippen molar-refractivity contribution in [2.75, 3.05) is 10.6 Å². The molecule has 7 heteroatoms. The van der Waals surface area contributed by atoms with Gasteiger partial charge in [0, 0.05) is 28.7 Å². The number of benzene rings is 3. The lowest BCUT2D eigenvalue weighted by Gasteiger charge is -2.44. The molecule has 0 unspecified atom stereocenters. The predicted molar refractivity (Wildman–Crippen MR) is 132 cm³/mol. The topological polar surface area (TPSA) is 95.5 Å². The van der Waals surface area contributed by atoms with E-state index in [4.69, 9.17) is 11.6 Å². The number of nitrogens with one attached hydrogen (secondary N) is 2. The van der Waals surface area contributed by atoms with Crippen LogP contribution in [0.3, 0.4) is 0 Å². The molecule has 0 spiro atoms. The van der Waals surface area contributed by atoms with Gasteiger partial charge in [-0.05, 0) is 48.9 Å². The van der Waals surface area contributed by atoms with Crippen molar-refractivity contribution < 1.29 is 19.5 Å². The summed E-state index contributed by atoms with van der Waals surface area (Å²) in [7, 11) is 0. The third-order valence-corrected chi connectivity index (χ3v) is 6.42. The Bertz CT molecular complexity index is 1180. The zero-order valence-electron chi connectivity index (χ0n) is 18.6. The van der Waals surface area contributed by atoms with E-state index in [0.29, 0.717) is 22.0 Å². The van der Waals surface area contributed by atoms with Gasteiger partial charge in [-0.25, -0.2) is 0 Å². The van der Waals surface area contributed by atoms with E-state index >= 15 is 0 Å². The van der Waals surface area contributed by atoms with Crippen LogP contribution in [-0.4, -0.2) is 28.3 Å². The number of hydrogen-bond acceptors (Lipinski definition) is 4. The molecule has 0 aliphatic heterocycles. The number of carbonyl (C=O) groups is 3. The van der Waals surface area contributed by atoms with E-state index in [9.17, 15) is 19.5 Å². The number of halogens is 1. The van der Waals surface area contributed by atoms with E-state index in [-0.39, 0.29) is 6.42 Å². The second kappa shape index (κ2) is 9.79. The van der Waals surface area contributed by atoms with Gasteiger partial charge in [-0.1, -0.05) is 60.1 Å². The van der Waals surface area contributed by atoms with Crippen molar-refractivity contribution in [2.24, 2.45) is 11.8 Å². The minimum atomic E-state index is -1.66. The van der Waals surface area contributed by atoms with E-state index < -0.39 is 41.0 Å². The first-order valence-electron chi connectivity index (χ1n) is 11.0. The summed E-state index contributed by atoms with van der Waals surface area (Å²) in [5.41, 5.74) is 0.00122. The van der Waals surface area contributed by atoms with E-state index in [0.717, 1.165) is 0 Å². The summed E-state index contributed by atoms with van der Waals surface area (Å²) in [5, 5.41) is 17.4. The van der Waals surface area contributed by atoms with Gasteiger partial charge in [-0.15, -0.1) is 0 Å². The van der Waals surface area contributed by atoms with E-state index in [1.54, 1.807) is 72.8 Å². The summed E-state index contributed by atoms with van der Waals surface area (Å²) >= 11 is 6.07. The fraction of sp³-hybridized carbons (Fsp3) is 0.222. The molecule has 0 bridgehead atoms. The average Bonchev–Trinajstić information content (AvgIpc) is 2.79. The first-order chi connectivity index (χ1) is 16.3. The first-order valence-corrected chi connectivity index (χ1v) is 11.4. The summed E-state index contributed by atoms with van der Waals surface area (Å²) in [6.07, 6.45) is -0.323. The maximum absolute atomic E-state index is 13.5. The Morgan fingerprint density at radius 3 is 1.88 bits per heavy atom. The van der Waals surface area contributed by atoms with Crippen molar-refractivity contribution >= 4 is 40.6 Å². The molecule has 34 heavy (non-hydrogen) atoms. The van der Waals surface area contributed by atoms with E-state index in [2.05, 4.69) is 10.6 Å². The number of anilines is 2. The monoisotopic (exact) mass is 476 g/mol. The Labute approximate surface area is 203 Å². The molecule has 0 radical (unpaired) electrons. The Morgan fingerprint density at radius 1 is 0.853 bits per heavy atom. The highest BCUT2D eigenvalue weighted by Crippen LogP contribution is 2.46. The molecule has 0 aromatic heterocycles. The van der Waals surface area contributed by atoms with Crippen LogP contribution in [0.25, 0.3) is 0 Å². The molecule has 3 aromatic rings. The fourth-order valence-electron chi connectivity index (χ4n) is 4.66. The first kappa shape index (κ1) is 23.7. The van der Waals surface area contributed by atoms with E-state index in [1.807, 2.05) is 12.1 Å². The second-order valence-electron chi connectivity index (χ2n) is 8.74. The smallest absolute Gasteiger partial charge is 0.235 e. The van der Waals surface area contributed by atoms with Gasteiger partial charge in [0.25, 0.3) is 0 Å². The number of rotatable bonds is 5. The molecule has 0 saturated heterocycles. The number of para-hydroxylation sites is 2. The van der Waals surface area contributed by atoms with Crippen LogP contribution in [0.15, 0.2) is 84.9 Å². The minimum Gasteiger partial charge on any atom is -0.389 e. The van der Waals surface area contributed by atoms with Gasteiger partial charge < -0.3 is 15.7 Å². The summed E-state index contributed by atoms with van der Waals surface area (Å²) in [6.45, 7) is 1.47. The normalized spacial score (nSPS) is 24.3. The lowest BCUT2D eigenvalue weighted by molar-refractivity contribution is -0.150. The molecule has 6 nitrogen and oxygen atoms in total. The Kier molecular flexibility index (Phi) is 6.82. The van der Waals surface area contributed by atoms with Crippen LogP contribution in [0.1, 0.15) is 24.8 Å². The average molecular weight is 477 g/mol. The van der Waals surface area contributed by atoms with Crippen LogP contribution in [0.5, 0.6) is 0 Å². The molecular formula is C27H25ClN2O4. The quantitative estimate of drug-likeness (QED) is 0.467. The van der Waals surface area contributed by atoms with E-state index in [1.165, 1.54) is 6.92 Å². The predicted octanol–water partition coefficient (Wildman–Crippen LogP) is 4.66. The summed E-state index contributed by atoms with van der Waals surface area (Å²) in [6, 6.07) is 24.3. The molecule has 4 rings (SSSR count). The van der Waals surface area contributed by atoms with Crippen molar-refractivity contribution in [3.8, 4) is 0 Å². The largest absolute Gasteiger partial charge is 0.389 e. The molecule has 174 valence electrons. The van der Waals surface area contributed by atoms with Crippen LogP contribution in [0, 0.1) is 11.8 Å². The fourth-order valence-corrected chi connectivity index (χ4v) is 4.79. The van der Waals surface area contributed by atoms with Crippen molar-refractivity contribution in [3.05, 3.63) is 95.5 Å². The highest BCUT2D eigenvalue weighted by atomic mass is 35.5. The molecular weight excluding hydrogens is 452 g/mol. The summed E-state index contributed by atoms with van der Waals surface area (Å²) in [5.74, 6) is -4.57. The maximum atomic E-state index is 13.5. The van der Waals surface area contributed by atoms with Gasteiger partial charge in [-0.3, -0.25) is 14.4 Å². The van der Waals surface area contributed by atoms with Crippen LogP contribution in [0.4, 0.5) is 11.4 Å². The number of Topliss-reactive ketones (excluding diaryl/α,β-unsaturated/α-hetero) is 1. The lowest BCUT2D eigenvalue weighted by atomic mass is 9.61. The molecule has 4 atom stereocenters. The molecule has 0 heterocycles. The summed E-state index contributed by atoms with van der Waals surface area (Å²) in [4.78, 5) is 40.2. The van der Waals surface area contributed by atoms with Crippen molar-refractivity contribution in [2.45, 2.75) is 24.9 Å². The number of aliphatic hydroxyl groups is 1.